The second-order valence-corrected chi connectivity index (χ2v) is 9.37. The number of esters is 1. The van der Waals surface area contributed by atoms with Gasteiger partial charge in [0.15, 0.2) is 24.7 Å². The van der Waals surface area contributed by atoms with Crippen LogP contribution in [0.25, 0.3) is 6.08 Å². The van der Waals surface area contributed by atoms with Gasteiger partial charge in [-0.15, -0.1) is 0 Å². The predicted molar refractivity (Wildman–Crippen MR) is 125 cm³/mol. The summed E-state index contributed by atoms with van der Waals surface area (Å²) in [4.78, 5) is 23.9. The van der Waals surface area contributed by atoms with E-state index in [-0.39, 0.29) is 15.6 Å². The number of nitrogens with one attached hydrogen (secondary N) is 1. The molecular formula is C22H25ClN2O7S. The first kappa shape index (κ1) is 26.2. The largest absolute Gasteiger partial charge is 0.493 e. The van der Waals surface area contributed by atoms with E-state index in [4.69, 9.17) is 25.8 Å². The maximum Gasteiger partial charge on any atom is 0.344 e. The SMILES string of the molecule is C/C=C/c1ccc(OCC(=O)OCC(=O)Nc2ccc(Cl)c(S(=O)(=O)N(C)C)c2)c(OC)c1. The summed E-state index contributed by atoms with van der Waals surface area (Å²) in [5.41, 5.74) is 1.09. The number of carbonyl (C=O) groups is 2. The number of methoxy groups -OCH3 is 1. The van der Waals surface area contributed by atoms with Crippen molar-refractivity contribution in [2.75, 3.05) is 39.7 Å². The molecule has 0 aliphatic heterocycles. The molecule has 9 nitrogen and oxygen atoms in total. The number of carbonyl (C=O) groups excluding carboxylic acids is 2. The fraction of sp³-hybridized carbons (Fsp3) is 0.273. The molecule has 1 N–H and O–H groups in total. The molecule has 2 aromatic rings. The monoisotopic (exact) mass is 496 g/mol. The lowest BCUT2D eigenvalue weighted by atomic mass is 10.2. The van der Waals surface area contributed by atoms with Crippen LogP contribution < -0.4 is 14.8 Å². The van der Waals surface area contributed by atoms with E-state index in [1.54, 1.807) is 18.2 Å². The summed E-state index contributed by atoms with van der Waals surface area (Å²) in [6.45, 7) is 0.872. The number of rotatable bonds is 10. The Hall–Kier alpha value is -3.08. The minimum Gasteiger partial charge on any atom is -0.493 e. The normalized spacial score (nSPS) is 11.5. The summed E-state index contributed by atoms with van der Waals surface area (Å²) in [7, 11) is 0.411. The van der Waals surface area contributed by atoms with Crippen molar-refractivity contribution < 1.29 is 32.2 Å². The maximum atomic E-state index is 12.3. The summed E-state index contributed by atoms with van der Waals surface area (Å²) in [5.74, 6) is -0.630. The Morgan fingerprint density at radius 2 is 1.82 bits per heavy atom. The van der Waals surface area contributed by atoms with Crippen LogP contribution in [0.3, 0.4) is 0 Å². The van der Waals surface area contributed by atoms with Crippen LogP contribution >= 0.6 is 11.6 Å². The lowest BCUT2D eigenvalue weighted by molar-refractivity contribution is -0.149. The van der Waals surface area contributed by atoms with E-state index in [2.05, 4.69) is 5.32 Å². The Kier molecular flexibility index (Phi) is 9.27. The van der Waals surface area contributed by atoms with Gasteiger partial charge in [0, 0.05) is 19.8 Å². The summed E-state index contributed by atoms with van der Waals surface area (Å²) < 4.78 is 41.2. The van der Waals surface area contributed by atoms with Gasteiger partial charge in [-0.3, -0.25) is 4.79 Å². The van der Waals surface area contributed by atoms with E-state index in [0.717, 1.165) is 9.87 Å². The van der Waals surface area contributed by atoms with Crippen LogP contribution in [0.2, 0.25) is 5.02 Å². The number of amides is 1. The van der Waals surface area contributed by atoms with E-state index in [9.17, 15) is 18.0 Å². The molecule has 0 aliphatic rings. The number of nitrogens with zero attached hydrogens (tertiary/aromatic N) is 1. The van der Waals surface area contributed by atoms with Gasteiger partial charge >= 0.3 is 5.97 Å². The molecule has 0 saturated heterocycles. The summed E-state index contributed by atoms with van der Waals surface area (Å²) >= 11 is 5.98. The van der Waals surface area contributed by atoms with Crippen LogP contribution in [0.5, 0.6) is 11.5 Å². The zero-order valence-electron chi connectivity index (χ0n) is 18.6. The summed E-state index contributed by atoms with van der Waals surface area (Å²) in [5, 5.41) is 2.47. The van der Waals surface area contributed by atoms with Crippen molar-refractivity contribution in [1.82, 2.24) is 4.31 Å². The average Bonchev–Trinajstić information content (AvgIpc) is 2.77. The number of benzene rings is 2. The smallest absolute Gasteiger partial charge is 0.344 e. The van der Waals surface area contributed by atoms with Crippen molar-refractivity contribution in [2.45, 2.75) is 11.8 Å². The summed E-state index contributed by atoms with van der Waals surface area (Å²) in [6.07, 6.45) is 3.77. The lowest BCUT2D eigenvalue weighted by Crippen LogP contribution is -2.24. The van der Waals surface area contributed by atoms with E-state index in [0.29, 0.717) is 11.5 Å². The highest BCUT2D eigenvalue weighted by Gasteiger charge is 2.21. The second kappa shape index (κ2) is 11.7. The standard InChI is InChI=1S/C22H25ClN2O7S/c1-5-6-15-7-10-18(19(11-15)30-4)31-14-22(27)32-13-21(26)24-16-8-9-17(23)20(12-16)33(28,29)25(2)3/h5-12H,13-14H2,1-4H3,(H,24,26)/b6-5+. The molecule has 178 valence electrons. The first-order chi connectivity index (χ1) is 15.6. The molecule has 0 bridgehead atoms. The first-order valence-corrected chi connectivity index (χ1v) is 11.5. The molecule has 0 saturated carbocycles. The van der Waals surface area contributed by atoms with Crippen LogP contribution in [0.4, 0.5) is 5.69 Å². The minimum atomic E-state index is -3.80. The molecule has 2 aromatic carbocycles. The minimum absolute atomic E-state index is 0.0134. The molecule has 33 heavy (non-hydrogen) atoms. The van der Waals surface area contributed by atoms with Crippen molar-refractivity contribution >= 4 is 45.3 Å². The van der Waals surface area contributed by atoms with Gasteiger partial charge in [-0.25, -0.2) is 17.5 Å². The van der Waals surface area contributed by atoms with Crippen molar-refractivity contribution in [1.29, 1.82) is 0 Å². The Morgan fingerprint density at radius 1 is 1.09 bits per heavy atom. The van der Waals surface area contributed by atoms with E-state index in [1.165, 1.54) is 39.4 Å². The second-order valence-electron chi connectivity index (χ2n) is 6.84. The summed E-state index contributed by atoms with van der Waals surface area (Å²) in [6, 6.07) is 9.22. The molecule has 11 heteroatoms. The van der Waals surface area contributed by atoms with Crippen LogP contribution in [0, 0.1) is 0 Å². The highest BCUT2D eigenvalue weighted by atomic mass is 35.5. The van der Waals surface area contributed by atoms with Gasteiger partial charge in [-0.2, -0.15) is 0 Å². The van der Waals surface area contributed by atoms with E-state index >= 15 is 0 Å². The van der Waals surface area contributed by atoms with Gasteiger partial charge < -0.3 is 19.5 Å². The van der Waals surface area contributed by atoms with Gasteiger partial charge in [0.25, 0.3) is 5.91 Å². The number of anilines is 1. The lowest BCUT2D eigenvalue weighted by Gasteiger charge is -2.14. The zero-order chi connectivity index (χ0) is 24.6. The molecule has 1 amide bonds. The quantitative estimate of drug-likeness (QED) is 0.503. The molecule has 0 atom stereocenters. The number of hydrogen-bond acceptors (Lipinski definition) is 7. The van der Waals surface area contributed by atoms with E-state index < -0.39 is 35.1 Å². The maximum absolute atomic E-state index is 12.3. The predicted octanol–water partition coefficient (Wildman–Crippen LogP) is 3.19. The Labute approximate surface area is 197 Å². The van der Waals surface area contributed by atoms with Crippen molar-refractivity contribution in [3.8, 4) is 11.5 Å². The van der Waals surface area contributed by atoms with Crippen molar-refractivity contribution in [2.24, 2.45) is 0 Å². The first-order valence-electron chi connectivity index (χ1n) is 9.69. The molecule has 2 rings (SSSR count). The van der Waals surface area contributed by atoms with Crippen LogP contribution in [-0.2, 0) is 24.3 Å². The molecule has 0 unspecified atom stereocenters. The van der Waals surface area contributed by atoms with Gasteiger partial charge in [0.1, 0.15) is 4.90 Å². The van der Waals surface area contributed by atoms with Gasteiger partial charge in [-0.1, -0.05) is 29.8 Å². The number of ether oxygens (including phenoxy) is 3. The third kappa shape index (κ3) is 7.21. The average molecular weight is 497 g/mol. The molecular weight excluding hydrogens is 472 g/mol. The zero-order valence-corrected chi connectivity index (χ0v) is 20.2. The fourth-order valence-corrected chi connectivity index (χ4v) is 3.99. The van der Waals surface area contributed by atoms with Gasteiger partial charge in [0.2, 0.25) is 10.0 Å². The Morgan fingerprint density at radius 3 is 2.45 bits per heavy atom. The van der Waals surface area contributed by atoms with E-state index in [1.807, 2.05) is 19.1 Å². The van der Waals surface area contributed by atoms with Crippen LogP contribution in [0.15, 0.2) is 47.4 Å². The molecule has 0 aromatic heterocycles. The number of hydrogen-bond donors (Lipinski definition) is 1. The van der Waals surface area contributed by atoms with Gasteiger partial charge in [-0.05, 0) is 42.8 Å². The number of allylic oxidation sites excluding steroid dienone is 1. The highest BCUT2D eigenvalue weighted by molar-refractivity contribution is 7.89. The van der Waals surface area contributed by atoms with Crippen molar-refractivity contribution in [3.05, 3.63) is 53.1 Å². The molecule has 0 spiro atoms. The molecule has 0 heterocycles. The number of sulfonamides is 1. The highest BCUT2D eigenvalue weighted by Crippen LogP contribution is 2.29. The van der Waals surface area contributed by atoms with Crippen LogP contribution in [0.1, 0.15) is 12.5 Å². The third-order valence-corrected chi connectivity index (χ3v) is 6.53. The molecule has 0 fully saturated rings. The topological polar surface area (TPSA) is 111 Å². The van der Waals surface area contributed by atoms with Crippen LogP contribution in [-0.4, -0.2) is 59.0 Å². The Bertz CT molecular complexity index is 1150. The third-order valence-electron chi connectivity index (χ3n) is 4.23. The van der Waals surface area contributed by atoms with Crippen molar-refractivity contribution in [3.63, 3.8) is 0 Å². The molecule has 0 aliphatic carbocycles. The fourth-order valence-electron chi connectivity index (χ4n) is 2.60. The molecule has 0 radical (unpaired) electrons. The number of halogens is 1. The Balaban J connectivity index is 1.92. The van der Waals surface area contributed by atoms with Gasteiger partial charge in [0.05, 0.1) is 12.1 Å².